The van der Waals surface area contributed by atoms with Crippen molar-refractivity contribution in [2.45, 2.75) is 26.8 Å². The number of anilines is 1. The zero-order valence-electron chi connectivity index (χ0n) is 10.9. The quantitative estimate of drug-likeness (QED) is 0.877. The van der Waals surface area contributed by atoms with Gasteiger partial charge in [0.25, 0.3) is 0 Å². The number of nitrogens with two attached hydrogens (primary N) is 1. The standard InChI is InChI=1S/C13H15BrN4O/c1-3-18-11(13(14)8(2)17-18)6-12(19)10-5-4-9(15)7-16-10/h4-5,7H,3,6,15H2,1-2H3. The lowest BCUT2D eigenvalue weighted by Gasteiger charge is -2.05. The Morgan fingerprint density at radius 3 is 2.79 bits per heavy atom. The number of carbonyl (C=O) groups excluding carboxylic acids is 1. The van der Waals surface area contributed by atoms with Crippen molar-refractivity contribution in [3.05, 3.63) is 39.9 Å². The van der Waals surface area contributed by atoms with Gasteiger partial charge in [0, 0.05) is 6.54 Å². The highest BCUT2D eigenvalue weighted by molar-refractivity contribution is 9.10. The number of aromatic nitrogens is 3. The summed E-state index contributed by atoms with van der Waals surface area (Å²) in [4.78, 5) is 16.2. The first-order chi connectivity index (χ1) is 9.02. The normalized spacial score (nSPS) is 10.7. The number of carbonyl (C=O) groups is 1. The Hall–Kier alpha value is -1.69. The first-order valence-corrected chi connectivity index (χ1v) is 6.78. The van der Waals surface area contributed by atoms with Crippen LogP contribution in [-0.2, 0) is 13.0 Å². The first-order valence-electron chi connectivity index (χ1n) is 5.99. The molecule has 0 spiro atoms. The Kier molecular flexibility index (Phi) is 3.99. The fourth-order valence-corrected chi connectivity index (χ4v) is 2.27. The van der Waals surface area contributed by atoms with Crippen molar-refractivity contribution in [1.29, 1.82) is 0 Å². The van der Waals surface area contributed by atoms with Gasteiger partial charge in [0.2, 0.25) is 0 Å². The zero-order chi connectivity index (χ0) is 14.0. The second-order valence-corrected chi connectivity index (χ2v) is 5.03. The lowest BCUT2D eigenvalue weighted by molar-refractivity contribution is 0.0985. The average Bonchev–Trinajstić information content (AvgIpc) is 2.67. The summed E-state index contributed by atoms with van der Waals surface area (Å²) in [5.41, 5.74) is 8.29. The van der Waals surface area contributed by atoms with Gasteiger partial charge in [0.1, 0.15) is 5.69 Å². The van der Waals surface area contributed by atoms with Gasteiger partial charge in [-0.05, 0) is 41.9 Å². The smallest absolute Gasteiger partial charge is 0.187 e. The molecule has 2 aromatic heterocycles. The summed E-state index contributed by atoms with van der Waals surface area (Å²) in [7, 11) is 0. The number of aryl methyl sites for hydroxylation is 2. The Balaban J connectivity index is 2.26. The molecule has 2 rings (SSSR count). The summed E-state index contributed by atoms with van der Waals surface area (Å²) in [5, 5.41) is 4.37. The molecule has 0 bridgehead atoms. The third-order valence-electron chi connectivity index (χ3n) is 2.85. The number of nitrogen functional groups attached to an aromatic ring is 1. The van der Waals surface area contributed by atoms with Crippen LogP contribution in [0.2, 0.25) is 0 Å². The molecule has 19 heavy (non-hydrogen) atoms. The monoisotopic (exact) mass is 322 g/mol. The maximum atomic E-state index is 12.2. The van der Waals surface area contributed by atoms with Crippen LogP contribution in [0.1, 0.15) is 28.8 Å². The summed E-state index contributed by atoms with van der Waals surface area (Å²) in [6, 6.07) is 3.32. The summed E-state index contributed by atoms with van der Waals surface area (Å²) in [5.74, 6) is -0.0460. The number of hydrogen-bond donors (Lipinski definition) is 1. The molecule has 0 saturated heterocycles. The third kappa shape index (κ3) is 2.84. The molecule has 6 heteroatoms. The number of halogens is 1. The molecule has 5 nitrogen and oxygen atoms in total. The molecule has 0 saturated carbocycles. The van der Waals surface area contributed by atoms with Gasteiger partial charge in [-0.1, -0.05) is 0 Å². The number of pyridine rings is 1. The molecule has 0 atom stereocenters. The Bertz CT molecular complexity index is 604. The van der Waals surface area contributed by atoms with Gasteiger partial charge < -0.3 is 5.73 Å². The summed E-state index contributed by atoms with van der Waals surface area (Å²) in [6.45, 7) is 4.63. The lowest BCUT2D eigenvalue weighted by Crippen LogP contribution is -2.11. The van der Waals surface area contributed by atoms with E-state index in [1.807, 2.05) is 18.5 Å². The van der Waals surface area contributed by atoms with Gasteiger partial charge in [0.05, 0.1) is 34.2 Å². The van der Waals surface area contributed by atoms with Crippen molar-refractivity contribution < 1.29 is 4.79 Å². The van der Waals surface area contributed by atoms with Crippen molar-refractivity contribution in [1.82, 2.24) is 14.8 Å². The minimum absolute atomic E-state index is 0.0460. The molecule has 2 heterocycles. The van der Waals surface area contributed by atoms with Crippen LogP contribution in [0.3, 0.4) is 0 Å². The SMILES string of the molecule is CCn1nc(C)c(Br)c1CC(=O)c1ccc(N)cn1. The number of nitrogens with zero attached hydrogens (tertiary/aromatic N) is 3. The molecule has 0 aliphatic rings. The molecule has 0 amide bonds. The van der Waals surface area contributed by atoms with E-state index in [9.17, 15) is 4.79 Å². The Morgan fingerprint density at radius 1 is 1.47 bits per heavy atom. The first kappa shape index (κ1) is 13.7. The number of hydrogen-bond acceptors (Lipinski definition) is 4. The predicted molar refractivity (Wildman–Crippen MR) is 77.0 cm³/mol. The van der Waals surface area contributed by atoms with Crippen LogP contribution in [0.15, 0.2) is 22.8 Å². The fraction of sp³-hybridized carbons (Fsp3) is 0.308. The second-order valence-electron chi connectivity index (χ2n) is 4.24. The Morgan fingerprint density at radius 2 is 2.21 bits per heavy atom. The molecule has 100 valence electrons. The van der Waals surface area contributed by atoms with Crippen LogP contribution in [0, 0.1) is 6.92 Å². The molecular formula is C13H15BrN4O. The van der Waals surface area contributed by atoms with Gasteiger partial charge >= 0.3 is 0 Å². The van der Waals surface area contributed by atoms with Gasteiger partial charge in [-0.2, -0.15) is 5.10 Å². The van der Waals surface area contributed by atoms with Crippen LogP contribution >= 0.6 is 15.9 Å². The zero-order valence-corrected chi connectivity index (χ0v) is 12.4. The van der Waals surface area contributed by atoms with Crippen molar-refractivity contribution in [3.63, 3.8) is 0 Å². The van der Waals surface area contributed by atoms with Gasteiger partial charge in [-0.15, -0.1) is 0 Å². The fourth-order valence-electron chi connectivity index (χ4n) is 1.85. The highest BCUT2D eigenvalue weighted by Gasteiger charge is 2.17. The molecule has 0 radical (unpaired) electrons. The van der Waals surface area contributed by atoms with Crippen LogP contribution in [0.25, 0.3) is 0 Å². The van der Waals surface area contributed by atoms with E-state index >= 15 is 0 Å². The van der Waals surface area contributed by atoms with Gasteiger partial charge in [-0.3, -0.25) is 14.5 Å². The van der Waals surface area contributed by atoms with Crippen LogP contribution in [-0.4, -0.2) is 20.5 Å². The molecular weight excluding hydrogens is 308 g/mol. The van der Waals surface area contributed by atoms with E-state index < -0.39 is 0 Å². The maximum absolute atomic E-state index is 12.2. The minimum atomic E-state index is -0.0460. The molecule has 0 aromatic carbocycles. The van der Waals surface area contributed by atoms with E-state index in [1.165, 1.54) is 6.20 Å². The van der Waals surface area contributed by atoms with E-state index in [1.54, 1.807) is 12.1 Å². The highest BCUT2D eigenvalue weighted by atomic mass is 79.9. The van der Waals surface area contributed by atoms with Crippen molar-refractivity contribution in [2.24, 2.45) is 0 Å². The molecule has 2 aromatic rings. The van der Waals surface area contributed by atoms with Crippen molar-refractivity contribution >= 4 is 27.4 Å². The summed E-state index contributed by atoms with van der Waals surface area (Å²) in [6.07, 6.45) is 1.76. The molecule has 0 unspecified atom stereocenters. The van der Waals surface area contributed by atoms with E-state index in [0.29, 0.717) is 11.4 Å². The van der Waals surface area contributed by atoms with E-state index in [2.05, 4.69) is 26.0 Å². The Labute approximate surface area is 120 Å². The molecule has 2 N–H and O–H groups in total. The largest absolute Gasteiger partial charge is 0.397 e. The van der Waals surface area contributed by atoms with Crippen LogP contribution in [0.4, 0.5) is 5.69 Å². The van der Waals surface area contributed by atoms with E-state index in [-0.39, 0.29) is 12.2 Å². The summed E-state index contributed by atoms with van der Waals surface area (Å²) < 4.78 is 2.72. The summed E-state index contributed by atoms with van der Waals surface area (Å²) >= 11 is 3.48. The van der Waals surface area contributed by atoms with Gasteiger partial charge in [0.15, 0.2) is 5.78 Å². The minimum Gasteiger partial charge on any atom is -0.397 e. The van der Waals surface area contributed by atoms with Gasteiger partial charge in [-0.25, -0.2) is 0 Å². The molecule has 0 aliphatic carbocycles. The topological polar surface area (TPSA) is 73.8 Å². The van der Waals surface area contributed by atoms with Crippen molar-refractivity contribution in [3.8, 4) is 0 Å². The highest BCUT2D eigenvalue weighted by Crippen LogP contribution is 2.22. The number of Topliss-reactive ketones (excluding diaryl/α,β-unsaturated/α-hetero) is 1. The predicted octanol–water partition coefficient (Wildman–Crippen LogP) is 2.38. The van der Waals surface area contributed by atoms with E-state index in [4.69, 9.17) is 5.73 Å². The third-order valence-corrected chi connectivity index (χ3v) is 3.88. The van der Waals surface area contributed by atoms with Crippen molar-refractivity contribution in [2.75, 3.05) is 5.73 Å². The number of ketones is 1. The second kappa shape index (κ2) is 5.52. The lowest BCUT2D eigenvalue weighted by atomic mass is 10.1. The maximum Gasteiger partial charge on any atom is 0.187 e. The van der Waals surface area contributed by atoms with Crippen LogP contribution in [0.5, 0.6) is 0 Å². The van der Waals surface area contributed by atoms with E-state index in [0.717, 1.165) is 22.4 Å². The average molecular weight is 323 g/mol. The van der Waals surface area contributed by atoms with Crippen LogP contribution < -0.4 is 5.73 Å². The molecule has 0 aliphatic heterocycles. The molecule has 0 fully saturated rings. The number of rotatable bonds is 4.